The standard InChI is InChI=1S/C13H15Cl2NO2/c1-9(15)10-7-12(17-3)13(8-11(10)16-2)18-6-4-5-14/h7-8H,1-2,4-6H2,3H3. The third-order valence-electron chi connectivity index (χ3n) is 2.28. The number of halogens is 2. The van der Waals surface area contributed by atoms with Crippen LogP contribution >= 0.6 is 23.2 Å². The normalized spacial score (nSPS) is 9.94. The van der Waals surface area contributed by atoms with E-state index in [4.69, 9.17) is 32.7 Å². The van der Waals surface area contributed by atoms with Gasteiger partial charge < -0.3 is 9.47 Å². The number of rotatable bonds is 7. The Morgan fingerprint density at radius 1 is 1.39 bits per heavy atom. The van der Waals surface area contributed by atoms with Crippen LogP contribution in [-0.4, -0.2) is 26.3 Å². The fourth-order valence-electron chi connectivity index (χ4n) is 1.41. The lowest BCUT2D eigenvalue weighted by molar-refractivity contribution is 0.295. The monoisotopic (exact) mass is 287 g/mol. The molecule has 0 aliphatic rings. The van der Waals surface area contributed by atoms with Crippen molar-refractivity contribution < 1.29 is 9.47 Å². The van der Waals surface area contributed by atoms with Gasteiger partial charge in [0.1, 0.15) is 0 Å². The average molecular weight is 288 g/mol. The maximum absolute atomic E-state index is 5.90. The van der Waals surface area contributed by atoms with Gasteiger partial charge in [0.2, 0.25) is 0 Å². The van der Waals surface area contributed by atoms with E-state index in [1.807, 2.05) is 0 Å². The van der Waals surface area contributed by atoms with Crippen LogP contribution in [0.25, 0.3) is 5.03 Å². The summed E-state index contributed by atoms with van der Waals surface area (Å²) in [5.74, 6) is 1.71. The Kier molecular flexibility index (Phi) is 6.02. The summed E-state index contributed by atoms with van der Waals surface area (Å²) >= 11 is 11.5. The fourth-order valence-corrected chi connectivity index (χ4v) is 1.67. The largest absolute Gasteiger partial charge is 0.493 e. The van der Waals surface area contributed by atoms with Gasteiger partial charge in [-0.05, 0) is 19.2 Å². The van der Waals surface area contributed by atoms with Crippen molar-refractivity contribution in [3.8, 4) is 11.5 Å². The lowest BCUT2D eigenvalue weighted by Crippen LogP contribution is -2.00. The van der Waals surface area contributed by atoms with E-state index in [9.17, 15) is 0 Å². The molecule has 0 heterocycles. The third kappa shape index (κ3) is 3.65. The number of benzene rings is 1. The Morgan fingerprint density at radius 2 is 2.11 bits per heavy atom. The topological polar surface area (TPSA) is 30.8 Å². The first-order valence-corrected chi connectivity index (χ1v) is 6.27. The second-order valence-electron chi connectivity index (χ2n) is 3.47. The van der Waals surface area contributed by atoms with Gasteiger partial charge in [-0.15, -0.1) is 11.6 Å². The van der Waals surface area contributed by atoms with Crippen LogP contribution in [0.4, 0.5) is 5.69 Å². The first-order valence-electron chi connectivity index (χ1n) is 5.36. The van der Waals surface area contributed by atoms with Crippen LogP contribution in [0.3, 0.4) is 0 Å². The number of alkyl halides is 1. The van der Waals surface area contributed by atoms with Crippen LogP contribution in [0, 0.1) is 0 Å². The smallest absolute Gasteiger partial charge is 0.163 e. The SMILES string of the molecule is C=Nc1cc(OCCCCl)c(OC)cc1C(=C)Cl. The second-order valence-corrected chi connectivity index (χ2v) is 4.31. The average Bonchev–Trinajstić information content (AvgIpc) is 2.38. The Morgan fingerprint density at radius 3 is 2.61 bits per heavy atom. The minimum absolute atomic E-state index is 0.378. The van der Waals surface area contributed by atoms with Crippen LogP contribution in [0.5, 0.6) is 11.5 Å². The summed E-state index contributed by atoms with van der Waals surface area (Å²) in [4.78, 5) is 3.90. The molecule has 0 radical (unpaired) electrons. The first-order chi connectivity index (χ1) is 8.63. The minimum Gasteiger partial charge on any atom is -0.493 e. The molecule has 0 unspecified atom stereocenters. The highest BCUT2D eigenvalue weighted by Crippen LogP contribution is 2.38. The van der Waals surface area contributed by atoms with E-state index in [2.05, 4.69) is 18.3 Å². The lowest BCUT2D eigenvalue weighted by Gasteiger charge is -2.13. The fraction of sp³-hybridized carbons (Fsp3) is 0.308. The van der Waals surface area contributed by atoms with E-state index in [-0.39, 0.29) is 0 Å². The zero-order valence-corrected chi connectivity index (χ0v) is 11.7. The van der Waals surface area contributed by atoms with Gasteiger partial charge in [0.05, 0.1) is 19.4 Å². The molecule has 0 fully saturated rings. The number of hydrogen-bond acceptors (Lipinski definition) is 3. The molecular formula is C13H15Cl2NO2. The van der Waals surface area contributed by atoms with Crippen LogP contribution in [-0.2, 0) is 0 Å². The van der Waals surface area contributed by atoms with Gasteiger partial charge in [-0.25, -0.2) is 0 Å². The van der Waals surface area contributed by atoms with Crippen LogP contribution in [0.2, 0.25) is 0 Å². The number of nitrogens with zero attached hydrogens (tertiary/aromatic N) is 1. The van der Waals surface area contributed by atoms with Gasteiger partial charge in [0, 0.05) is 22.5 Å². The predicted octanol–water partition coefficient (Wildman–Crippen LogP) is 4.24. The quantitative estimate of drug-likeness (QED) is 0.427. The van der Waals surface area contributed by atoms with E-state index in [0.29, 0.717) is 40.3 Å². The van der Waals surface area contributed by atoms with Crippen molar-refractivity contribution >= 4 is 40.6 Å². The molecule has 0 bridgehead atoms. The minimum atomic E-state index is 0.378. The summed E-state index contributed by atoms with van der Waals surface area (Å²) in [5.41, 5.74) is 1.28. The Bertz CT molecular complexity index is 447. The molecule has 0 amide bonds. The molecule has 0 saturated carbocycles. The summed E-state index contributed by atoms with van der Waals surface area (Å²) in [7, 11) is 1.56. The van der Waals surface area contributed by atoms with Gasteiger partial charge in [0.25, 0.3) is 0 Å². The van der Waals surface area contributed by atoms with Gasteiger partial charge >= 0.3 is 0 Å². The van der Waals surface area contributed by atoms with Crippen molar-refractivity contribution in [2.45, 2.75) is 6.42 Å². The molecule has 0 aromatic heterocycles. The van der Waals surface area contributed by atoms with Crippen molar-refractivity contribution in [1.29, 1.82) is 0 Å². The molecule has 0 saturated heterocycles. The molecular weight excluding hydrogens is 273 g/mol. The van der Waals surface area contributed by atoms with Gasteiger partial charge in [-0.3, -0.25) is 4.99 Å². The Labute approximate surface area is 117 Å². The summed E-state index contributed by atoms with van der Waals surface area (Å²) in [6.07, 6.45) is 0.755. The van der Waals surface area contributed by atoms with Crippen molar-refractivity contribution in [2.75, 3.05) is 19.6 Å². The van der Waals surface area contributed by atoms with Crippen LogP contribution in [0.1, 0.15) is 12.0 Å². The molecule has 0 aliphatic carbocycles. The zero-order chi connectivity index (χ0) is 13.5. The molecule has 0 spiro atoms. The lowest BCUT2D eigenvalue weighted by atomic mass is 10.1. The molecule has 0 N–H and O–H groups in total. The third-order valence-corrected chi connectivity index (χ3v) is 2.75. The molecule has 0 atom stereocenters. The van der Waals surface area contributed by atoms with E-state index in [1.165, 1.54) is 0 Å². The van der Waals surface area contributed by atoms with Crippen molar-refractivity contribution in [2.24, 2.45) is 4.99 Å². The first kappa shape index (κ1) is 14.9. The Hall–Kier alpha value is -1.19. The van der Waals surface area contributed by atoms with Gasteiger partial charge in [-0.2, -0.15) is 0 Å². The highest BCUT2D eigenvalue weighted by molar-refractivity contribution is 6.48. The summed E-state index contributed by atoms with van der Waals surface area (Å²) in [6.45, 7) is 7.69. The zero-order valence-electron chi connectivity index (χ0n) is 10.2. The van der Waals surface area contributed by atoms with E-state index >= 15 is 0 Å². The second kappa shape index (κ2) is 7.29. The van der Waals surface area contributed by atoms with E-state index in [0.717, 1.165) is 6.42 Å². The number of ether oxygens (including phenoxy) is 2. The molecule has 1 aromatic rings. The van der Waals surface area contributed by atoms with Crippen LogP contribution in [0.15, 0.2) is 23.7 Å². The Balaban J connectivity index is 3.09. The summed E-state index contributed by atoms with van der Waals surface area (Å²) < 4.78 is 10.8. The van der Waals surface area contributed by atoms with E-state index in [1.54, 1.807) is 19.2 Å². The molecule has 1 aromatic carbocycles. The van der Waals surface area contributed by atoms with E-state index < -0.39 is 0 Å². The molecule has 1 rings (SSSR count). The maximum Gasteiger partial charge on any atom is 0.163 e. The summed E-state index contributed by atoms with van der Waals surface area (Å²) in [6, 6.07) is 3.46. The molecule has 5 heteroatoms. The molecule has 3 nitrogen and oxygen atoms in total. The van der Waals surface area contributed by atoms with Crippen LogP contribution < -0.4 is 9.47 Å². The number of methoxy groups -OCH3 is 1. The molecule has 18 heavy (non-hydrogen) atoms. The highest BCUT2D eigenvalue weighted by atomic mass is 35.5. The van der Waals surface area contributed by atoms with Crippen molar-refractivity contribution in [3.05, 3.63) is 24.3 Å². The maximum atomic E-state index is 5.90. The summed E-state index contributed by atoms with van der Waals surface area (Å²) in [5, 5.41) is 0.378. The predicted molar refractivity (Wildman–Crippen MR) is 77.9 cm³/mol. The highest BCUT2D eigenvalue weighted by Gasteiger charge is 2.12. The number of aliphatic imine (C=N–C) groups is 1. The van der Waals surface area contributed by atoms with Gasteiger partial charge in [-0.1, -0.05) is 18.2 Å². The molecule has 0 aliphatic heterocycles. The van der Waals surface area contributed by atoms with Gasteiger partial charge in [0.15, 0.2) is 11.5 Å². The van der Waals surface area contributed by atoms with Crippen molar-refractivity contribution in [1.82, 2.24) is 0 Å². The van der Waals surface area contributed by atoms with Crippen molar-refractivity contribution in [3.63, 3.8) is 0 Å². The molecule has 98 valence electrons. The number of hydrogen-bond donors (Lipinski definition) is 0.